The van der Waals surface area contributed by atoms with Crippen molar-refractivity contribution in [1.29, 1.82) is 0 Å². The highest BCUT2D eigenvalue weighted by atomic mass is 32.2. The molecular weight excluding hydrogens is 404 g/mol. The Labute approximate surface area is 167 Å². The molecule has 0 aliphatic carbocycles. The minimum absolute atomic E-state index is 0.421. The molecule has 0 amide bonds. The first-order valence-corrected chi connectivity index (χ1v) is 9.73. The zero-order chi connectivity index (χ0) is 19.5. The van der Waals surface area contributed by atoms with Gasteiger partial charge in [-0.2, -0.15) is 0 Å². The molecule has 2 heterocycles. The number of hydrogen-bond donors (Lipinski definition) is 1. The van der Waals surface area contributed by atoms with Crippen LogP contribution in [-0.4, -0.2) is 27.3 Å². The molecule has 4 aromatic rings. The second-order valence-electron chi connectivity index (χ2n) is 5.54. The van der Waals surface area contributed by atoms with Crippen LogP contribution in [0.5, 0.6) is 5.75 Å². The number of fused-ring (bicyclic) bond motifs is 1. The lowest BCUT2D eigenvalue weighted by Crippen LogP contribution is -1.98. The van der Waals surface area contributed by atoms with Gasteiger partial charge in [-0.25, -0.2) is 18.7 Å². The van der Waals surface area contributed by atoms with Crippen LogP contribution in [0.2, 0.25) is 0 Å². The summed E-state index contributed by atoms with van der Waals surface area (Å²) >= 11 is 2.48. The van der Waals surface area contributed by atoms with Gasteiger partial charge in [0, 0.05) is 17.1 Å². The molecule has 2 aromatic carbocycles. The second kappa shape index (κ2) is 8.03. The van der Waals surface area contributed by atoms with Crippen LogP contribution >= 0.6 is 23.1 Å². The molecule has 0 bridgehead atoms. The van der Waals surface area contributed by atoms with Crippen molar-refractivity contribution in [3.05, 3.63) is 54.4 Å². The molecule has 1 N–H and O–H groups in total. The number of methoxy groups -OCH3 is 1. The predicted molar refractivity (Wildman–Crippen MR) is 105 cm³/mol. The molecule has 4 rings (SSSR count). The maximum atomic E-state index is 13.1. The lowest BCUT2D eigenvalue weighted by Gasteiger charge is -2.06. The quantitative estimate of drug-likeness (QED) is 0.426. The Bertz CT molecular complexity index is 1120. The summed E-state index contributed by atoms with van der Waals surface area (Å²) < 4.78 is 32.1. The molecule has 0 unspecified atom stereocenters. The number of hydrogen-bond acceptors (Lipinski definition) is 8. The zero-order valence-corrected chi connectivity index (χ0v) is 16.1. The fraction of sp³-hybridized carbons (Fsp3) is 0.111. The molecular formula is C18H13F2N5OS2. The number of nitrogens with zero attached hydrogens (tertiary/aromatic N) is 4. The normalized spacial score (nSPS) is 11.1. The standard InChI is InChI=1S/C18H13F2N5OS2/c1-26-11-6-4-5-10(9-11)21-17-24-25-18(28-17)27-16-12-7-2-3-8-13(12)22-15(23-16)14(19)20/h2-9,14H,1H3,(H,21,24). The molecule has 0 atom stereocenters. The fourth-order valence-corrected chi connectivity index (χ4v) is 4.26. The summed E-state index contributed by atoms with van der Waals surface area (Å²) in [6, 6.07) is 14.5. The summed E-state index contributed by atoms with van der Waals surface area (Å²) in [5.74, 6) is 0.219. The van der Waals surface area contributed by atoms with Gasteiger partial charge in [-0.05, 0) is 30.0 Å². The molecule has 0 spiro atoms. The number of nitrogens with one attached hydrogen (secondary N) is 1. The Morgan fingerprint density at radius 2 is 1.93 bits per heavy atom. The third-order valence-corrected chi connectivity index (χ3v) is 5.59. The van der Waals surface area contributed by atoms with Gasteiger partial charge in [0.05, 0.1) is 12.6 Å². The number of anilines is 2. The maximum absolute atomic E-state index is 13.1. The van der Waals surface area contributed by atoms with E-state index in [1.807, 2.05) is 30.3 Å². The van der Waals surface area contributed by atoms with E-state index in [0.717, 1.165) is 11.4 Å². The van der Waals surface area contributed by atoms with E-state index in [0.29, 0.717) is 25.4 Å². The average molecular weight is 417 g/mol. The monoisotopic (exact) mass is 417 g/mol. The number of halogens is 2. The molecule has 10 heteroatoms. The van der Waals surface area contributed by atoms with Gasteiger partial charge >= 0.3 is 0 Å². The largest absolute Gasteiger partial charge is 0.497 e. The van der Waals surface area contributed by atoms with Gasteiger partial charge in [-0.15, -0.1) is 10.2 Å². The van der Waals surface area contributed by atoms with E-state index in [-0.39, 0.29) is 0 Å². The van der Waals surface area contributed by atoms with Gasteiger partial charge < -0.3 is 10.1 Å². The minimum atomic E-state index is -2.75. The predicted octanol–water partition coefficient (Wildman–Crippen LogP) is 5.32. The maximum Gasteiger partial charge on any atom is 0.297 e. The van der Waals surface area contributed by atoms with Crippen LogP contribution in [0.3, 0.4) is 0 Å². The Morgan fingerprint density at radius 1 is 1.07 bits per heavy atom. The van der Waals surface area contributed by atoms with Crippen molar-refractivity contribution in [2.45, 2.75) is 15.8 Å². The Kier molecular flexibility index (Phi) is 5.31. The third kappa shape index (κ3) is 4.02. The Balaban J connectivity index is 1.60. The Hall–Kier alpha value is -2.85. The SMILES string of the molecule is COc1cccc(Nc2nnc(Sc3nc(C(F)F)nc4ccccc34)s2)c1. The van der Waals surface area contributed by atoms with Crippen LogP contribution < -0.4 is 10.1 Å². The third-order valence-electron chi connectivity index (χ3n) is 3.69. The van der Waals surface area contributed by atoms with E-state index < -0.39 is 12.2 Å². The van der Waals surface area contributed by atoms with Crippen LogP contribution in [0.4, 0.5) is 19.6 Å². The first-order valence-electron chi connectivity index (χ1n) is 8.09. The van der Waals surface area contributed by atoms with Crippen molar-refractivity contribution >= 4 is 44.8 Å². The second-order valence-corrected chi connectivity index (χ2v) is 7.75. The van der Waals surface area contributed by atoms with Crippen LogP contribution in [0.15, 0.2) is 57.9 Å². The highest BCUT2D eigenvalue weighted by Gasteiger charge is 2.17. The lowest BCUT2D eigenvalue weighted by atomic mass is 10.2. The van der Waals surface area contributed by atoms with Crippen molar-refractivity contribution in [1.82, 2.24) is 20.2 Å². The smallest absolute Gasteiger partial charge is 0.297 e. The van der Waals surface area contributed by atoms with Gasteiger partial charge in [-0.1, -0.05) is 35.6 Å². The topological polar surface area (TPSA) is 72.8 Å². The first kappa shape index (κ1) is 18.5. The van der Waals surface area contributed by atoms with Gasteiger partial charge in [-0.3, -0.25) is 0 Å². The summed E-state index contributed by atoms with van der Waals surface area (Å²) in [7, 11) is 1.60. The van der Waals surface area contributed by atoms with Crippen LogP contribution in [-0.2, 0) is 0 Å². The lowest BCUT2D eigenvalue weighted by molar-refractivity contribution is 0.140. The van der Waals surface area contributed by atoms with E-state index in [9.17, 15) is 8.78 Å². The van der Waals surface area contributed by atoms with E-state index in [1.54, 1.807) is 25.3 Å². The zero-order valence-electron chi connectivity index (χ0n) is 14.5. The highest BCUT2D eigenvalue weighted by molar-refractivity contribution is 8.01. The van der Waals surface area contributed by atoms with Gasteiger partial charge in [0.15, 0.2) is 10.2 Å². The van der Waals surface area contributed by atoms with Crippen molar-refractivity contribution in [2.75, 3.05) is 12.4 Å². The van der Waals surface area contributed by atoms with Crippen molar-refractivity contribution in [3.63, 3.8) is 0 Å². The molecule has 0 aliphatic rings. The van der Waals surface area contributed by atoms with Crippen molar-refractivity contribution in [3.8, 4) is 5.75 Å². The molecule has 0 aliphatic heterocycles. The number of rotatable bonds is 6. The van der Waals surface area contributed by atoms with Gasteiger partial charge in [0.2, 0.25) is 5.13 Å². The summed E-state index contributed by atoms with van der Waals surface area (Å²) in [5.41, 5.74) is 1.27. The van der Waals surface area contributed by atoms with E-state index >= 15 is 0 Å². The summed E-state index contributed by atoms with van der Waals surface area (Å²) in [5, 5.41) is 13.1. The van der Waals surface area contributed by atoms with Crippen molar-refractivity contribution in [2.24, 2.45) is 0 Å². The number of ether oxygens (including phenoxy) is 1. The molecule has 142 valence electrons. The van der Waals surface area contributed by atoms with E-state index in [1.165, 1.54) is 23.1 Å². The molecule has 0 fully saturated rings. The molecule has 0 saturated carbocycles. The molecule has 2 aromatic heterocycles. The number of benzene rings is 2. The fourth-order valence-electron chi connectivity index (χ4n) is 2.45. The number of para-hydroxylation sites is 1. The van der Waals surface area contributed by atoms with Crippen molar-refractivity contribution < 1.29 is 13.5 Å². The van der Waals surface area contributed by atoms with Gasteiger partial charge in [0.25, 0.3) is 6.43 Å². The molecule has 6 nitrogen and oxygen atoms in total. The molecule has 0 radical (unpaired) electrons. The van der Waals surface area contributed by atoms with E-state index in [4.69, 9.17) is 4.74 Å². The number of alkyl halides is 2. The summed E-state index contributed by atoms with van der Waals surface area (Å²) in [6.45, 7) is 0. The van der Waals surface area contributed by atoms with Gasteiger partial charge in [0.1, 0.15) is 10.8 Å². The van der Waals surface area contributed by atoms with Crippen LogP contribution in [0.25, 0.3) is 10.9 Å². The molecule has 0 saturated heterocycles. The highest BCUT2D eigenvalue weighted by Crippen LogP contribution is 2.36. The van der Waals surface area contributed by atoms with Crippen LogP contribution in [0, 0.1) is 0 Å². The number of aromatic nitrogens is 4. The first-order chi connectivity index (χ1) is 13.6. The minimum Gasteiger partial charge on any atom is -0.497 e. The summed E-state index contributed by atoms with van der Waals surface area (Å²) in [4.78, 5) is 7.94. The van der Waals surface area contributed by atoms with E-state index in [2.05, 4.69) is 25.5 Å². The average Bonchev–Trinajstić information content (AvgIpc) is 3.14. The summed E-state index contributed by atoms with van der Waals surface area (Å²) in [6.07, 6.45) is -2.75. The Morgan fingerprint density at radius 3 is 2.75 bits per heavy atom. The van der Waals surface area contributed by atoms with Crippen LogP contribution in [0.1, 0.15) is 12.2 Å². The molecule has 28 heavy (non-hydrogen) atoms.